The minimum atomic E-state index is 0.830. The number of aromatic nitrogens is 5. The predicted molar refractivity (Wildman–Crippen MR) is 118 cm³/mol. The van der Waals surface area contributed by atoms with Crippen molar-refractivity contribution in [3.63, 3.8) is 0 Å². The Balaban J connectivity index is 1.49. The molecule has 1 aliphatic heterocycles. The van der Waals surface area contributed by atoms with Gasteiger partial charge in [0.1, 0.15) is 17.8 Å². The molecule has 3 aromatic heterocycles. The van der Waals surface area contributed by atoms with E-state index in [4.69, 9.17) is 0 Å². The highest BCUT2D eigenvalue weighted by Crippen LogP contribution is 2.30. The van der Waals surface area contributed by atoms with Crippen LogP contribution in [0.1, 0.15) is 0 Å². The van der Waals surface area contributed by atoms with E-state index in [2.05, 4.69) is 64.9 Å². The Morgan fingerprint density at radius 2 is 1.90 bits per heavy atom. The first-order valence-electron chi connectivity index (χ1n) is 9.57. The number of aromatic amines is 1. The van der Waals surface area contributed by atoms with Crippen molar-refractivity contribution < 1.29 is 0 Å². The molecular weight excluding hydrogens is 382 g/mol. The van der Waals surface area contributed by atoms with Crippen LogP contribution in [0.2, 0.25) is 0 Å². The Bertz CT molecular complexity index is 1120. The van der Waals surface area contributed by atoms with Gasteiger partial charge in [-0.05, 0) is 30.0 Å². The van der Waals surface area contributed by atoms with E-state index in [-0.39, 0.29) is 0 Å². The summed E-state index contributed by atoms with van der Waals surface area (Å²) in [6.45, 7) is 3.98. The summed E-state index contributed by atoms with van der Waals surface area (Å²) in [7, 11) is 0. The van der Waals surface area contributed by atoms with Gasteiger partial charge in [-0.3, -0.25) is 10.1 Å². The van der Waals surface area contributed by atoms with Crippen molar-refractivity contribution in [3.05, 3.63) is 55.1 Å². The summed E-state index contributed by atoms with van der Waals surface area (Å²) < 4.78 is 2.37. The Morgan fingerprint density at radius 1 is 1.00 bits per heavy atom. The number of pyridine rings is 1. The molecule has 5 rings (SSSR count). The molecule has 4 heterocycles. The smallest absolute Gasteiger partial charge is 0.132 e. The van der Waals surface area contributed by atoms with Crippen LogP contribution in [0.4, 0.5) is 5.82 Å². The molecule has 146 valence electrons. The monoisotopic (exact) mass is 403 g/mol. The third-order valence-electron chi connectivity index (χ3n) is 5.27. The number of hydrogen-bond donors (Lipinski definition) is 1. The highest BCUT2D eigenvalue weighted by atomic mass is 32.2. The van der Waals surface area contributed by atoms with Gasteiger partial charge in [0.05, 0.1) is 11.2 Å². The first-order valence-corrected chi connectivity index (χ1v) is 10.7. The fourth-order valence-corrected chi connectivity index (χ4v) is 4.20. The van der Waals surface area contributed by atoms with Crippen molar-refractivity contribution in [1.29, 1.82) is 0 Å². The lowest BCUT2D eigenvalue weighted by Crippen LogP contribution is -2.43. The molecule has 1 fully saturated rings. The number of nitrogens with zero attached hydrogens (tertiary/aromatic N) is 6. The molecule has 1 saturated heterocycles. The van der Waals surface area contributed by atoms with Crippen molar-refractivity contribution in [2.75, 3.05) is 37.3 Å². The van der Waals surface area contributed by atoms with E-state index in [0.717, 1.165) is 65.4 Å². The molecule has 1 N–H and O–H groups in total. The molecule has 0 atom stereocenters. The van der Waals surface area contributed by atoms with Crippen LogP contribution in [0.5, 0.6) is 0 Å². The first kappa shape index (κ1) is 18.1. The average Bonchev–Trinajstić information content (AvgIpc) is 3.23. The molecule has 0 aliphatic carbocycles. The van der Waals surface area contributed by atoms with Crippen LogP contribution in [-0.4, -0.2) is 61.9 Å². The zero-order valence-electron chi connectivity index (χ0n) is 16.1. The summed E-state index contributed by atoms with van der Waals surface area (Å²) >= 11 is 1.80. The zero-order chi connectivity index (χ0) is 19.6. The molecule has 0 unspecified atom stereocenters. The molecule has 0 amide bonds. The molecule has 0 radical (unpaired) electrons. The van der Waals surface area contributed by atoms with Gasteiger partial charge >= 0.3 is 0 Å². The van der Waals surface area contributed by atoms with Gasteiger partial charge in [-0.2, -0.15) is 5.10 Å². The SMILES string of the molecule is CSN1CCN(c2cc(-c3n[nH]c4ccc(-c5cccnc5)cc34)ncn2)CC1. The van der Waals surface area contributed by atoms with Crippen molar-refractivity contribution in [1.82, 2.24) is 29.5 Å². The van der Waals surface area contributed by atoms with Gasteiger partial charge in [0.2, 0.25) is 0 Å². The molecule has 4 aromatic rings. The molecule has 0 saturated carbocycles. The Morgan fingerprint density at radius 3 is 2.69 bits per heavy atom. The Labute approximate surface area is 173 Å². The second kappa shape index (κ2) is 7.81. The largest absolute Gasteiger partial charge is 0.354 e. The van der Waals surface area contributed by atoms with E-state index in [1.807, 2.05) is 18.3 Å². The molecular formula is C21H21N7S. The third kappa shape index (κ3) is 3.56. The van der Waals surface area contributed by atoms with E-state index in [1.54, 1.807) is 24.5 Å². The van der Waals surface area contributed by atoms with Crippen LogP contribution in [0, 0.1) is 0 Å². The second-order valence-electron chi connectivity index (χ2n) is 6.93. The predicted octanol–water partition coefficient (Wildman–Crippen LogP) is 3.48. The van der Waals surface area contributed by atoms with Gasteiger partial charge < -0.3 is 4.90 Å². The topological polar surface area (TPSA) is 73.8 Å². The second-order valence-corrected chi connectivity index (χ2v) is 7.82. The molecule has 1 aliphatic rings. The molecule has 0 bridgehead atoms. The van der Waals surface area contributed by atoms with Crippen LogP contribution in [-0.2, 0) is 0 Å². The van der Waals surface area contributed by atoms with Crippen LogP contribution in [0.3, 0.4) is 0 Å². The van der Waals surface area contributed by atoms with Crippen LogP contribution < -0.4 is 4.90 Å². The van der Waals surface area contributed by atoms with Crippen molar-refractivity contribution >= 4 is 28.7 Å². The molecule has 7 nitrogen and oxygen atoms in total. The molecule has 8 heteroatoms. The normalized spacial score (nSPS) is 15.1. The van der Waals surface area contributed by atoms with Gasteiger partial charge in [0.15, 0.2) is 0 Å². The maximum Gasteiger partial charge on any atom is 0.132 e. The fraction of sp³-hybridized carbons (Fsp3) is 0.238. The Hall–Kier alpha value is -2.97. The average molecular weight is 404 g/mol. The summed E-state index contributed by atoms with van der Waals surface area (Å²) in [4.78, 5) is 15.6. The van der Waals surface area contributed by atoms with E-state index < -0.39 is 0 Å². The number of rotatable bonds is 4. The minimum Gasteiger partial charge on any atom is -0.354 e. The number of piperazine rings is 1. The minimum absolute atomic E-state index is 0.830. The molecule has 0 spiro atoms. The summed E-state index contributed by atoms with van der Waals surface area (Å²) in [5.74, 6) is 0.954. The Kier molecular flexibility index (Phi) is 4.87. The third-order valence-corrected chi connectivity index (χ3v) is 6.16. The van der Waals surface area contributed by atoms with E-state index >= 15 is 0 Å². The van der Waals surface area contributed by atoms with Crippen LogP contribution >= 0.6 is 11.9 Å². The lowest BCUT2D eigenvalue weighted by atomic mass is 10.0. The number of H-pyrrole nitrogens is 1. The van der Waals surface area contributed by atoms with E-state index in [0.29, 0.717) is 0 Å². The number of fused-ring (bicyclic) bond motifs is 1. The number of anilines is 1. The summed E-state index contributed by atoms with van der Waals surface area (Å²) in [6, 6.07) is 12.3. The number of benzene rings is 1. The number of nitrogens with one attached hydrogen (secondary N) is 1. The van der Waals surface area contributed by atoms with Crippen LogP contribution in [0.25, 0.3) is 33.4 Å². The fourth-order valence-electron chi connectivity index (χ4n) is 3.67. The van der Waals surface area contributed by atoms with Gasteiger partial charge in [0, 0.05) is 55.6 Å². The highest BCUT2D eigenvalue weighted by Gasteiger charge is 2.19. The van der Waals surface area contributed by atoms with Crippen molar-refractivity contribution in [3.8, 4) is 22.5 Å². The van der Waals surface area contributed by atoms with Gasteiger partial charge in [-0.15, -0.1) is 0 Å². The first-order chi connectivity index (χ1) is 14.3. The lowest BCUT2D eigenvalue weighted by molar-refractivity contribution is 0.429. The maximum atomic E-state index is 4.55. The van der Waals surface area contributed by atoms with Crippen LogP contribution in [0.15, 0.2) is 55.1 Å². The maximum absolute atomic E-state index is 4.55. The standard InChI is InChI=1S/C21H21N7S/c1-29-28-9-7-27(8-10-28)20-12-19(23-14-24-20)21-17-11-15(4-5-18(17)25-26-21)16-3-2-6-22-13-16/h2-6,11-14H,7-10H2,1H3,(H,25,26). The molecule has 1 aromatic carbocycles. The lowest BCUT2D eigenvalue weighted by Gasteiger charge is -2.33. The molecule has 29 heavy (non-hydrogen) atoms. The van der Waals surface area contributed by atoms with Crippen molar-refractivity contribution in [2.45, 2.75) is 0 Å². The summed E-state index contributed by atoms with van der Waals surface area (Å²) in [5.41, 5.74) is 4.85. The van der Waals surface area contributed by atoms with E-state index in [1.165, 1.54) is 0 Å². The highest BCUT2D eigenvalue weighted by molar-refractivity contribution is 7.96. The van der Waals surface area contributed by atoms with Gasteiger partial charge in [-0.1, -0.05) is 24.1 Å². The number of hydrogen-bond acceptors (Lipinski definition) is 7. The quantitative estimate of drug-likeness (QED) is 0.523. The van der Waals surface area contributed by atoms with Crippen molar-refractivity contribution in [2.24, 2.45) is 0 Å². The summed E-state index contributed by atoms with van der Waals surface area (Å²) in [6.07, 6.45) is 7.42. The van der Waals surface area contributed by atoms with E-state index in [9.17, 15) is 0 Å². The van der Waals surface area contributed by atoms with Gasteiger partial charge in [0.25, 0.3) is 0 Å². The zero-order valence-corrected chi connectivity index (χ0v) is 16.9. The summed E-state index contributed by atoms with van der Waals surface area (Å²) in [5, 5.41) is 8.72. The van der Waals surface area contributed by atoms with Gasteiger partial charge in [-0.25, -0.2) is 14.3 Å².